The molecule has 4 nitrogen and oxygen atoms in total. The first-order valence-electron chi connectivity index (χ1n) is 6.10. The van der Waals surface area contributed by atoms with E-state index in [-0.39, 0.29) is 11.3 Å². The summed E-state index contributed by atoms with van der Waals surface area (Å²) in [5, 5.41) is -0.0265. The van der Waals surface area contributed by atoms with Crippen LogP contribution in [0.2, 0.25) is 0 Å². The fraction of sp³-hybridized carbons (Fsp3) is 0.286. The number of furan rings is 1. The van der Waals surface area contributed by atoms with Crippen molar-refractivity contribution >= 4 is 17.7 Å². The number of aromatic nitrogens is 1. The molecule has 1 aliphatic heterocycles. The van der Waals surface area contributed by atoms with Gasteiger partial charge in [0.2, 0.25) is 5.91 Å². The van der Waals surface area contributed by atoms with Crippen molar-refractivity contribution in [3.05, 3.63) is 53.7 Å². The highest BCUT2D eigenvalue weighted by atomic mass is 32.2. The molecule has 1 atom stereocenters. The van der Waals surface area contributed by atoms with Crippen LogP contribution in [-0.4, -0.2) is 21.5 Å². The number of pyridine rings is 1. The van der Waals surface area contributed by atoms with E-state index in [1.54, 1.807) is 24.2 Å². The fourth-order valence-corrected chi connectivity index (χ4v) is 3.26. The van der Waals surface area contributed by atoms with Crippen LogP contribution in [0.15, 0.2) is 41.1 Å². The zero-order chi connectivity index (χ0) is 13.2. The number of nitrogens with zero attached hydrogens (tertiary/aromatic N) is 2. The summed E-state index contributed by atoms with van der Waals surface area (Å²) < 4.78 is 5.65. The SMILES string of the molecule is Cc1ccc(C2SCC(=O)N2Cc2cccnc2)o1. The van der Waals surface area contributed by atoms with Gasteiger partial charge in [-0.15, -0.1) is 11.8 Å². The summed E-state index contributed by atoms with van der Waals surface area (Å²) >= 11 is 1.61. The molecule has 1 saturated heterocycles. The van der Waals surface area contributed by atoms with Crippen molar-refractivity contribution in [3.8, 4) is 0 Å². The van der Waals surface area contributed by atoms with Crippen molar-refractivity contribution in [2.75, 3.05) is 5.75 Å². The van der Waals surface area contributed by atoms with Gasteiger partial charge in [0.05, 0.1) is 5.75 Å². The Labute approximate surface area is 115 Å². The molecule has 0 N–H and O–H groups in total. The Balaban J connectivity index is 1.83. The summed E-state index contributed by atoms with van der Waals surface area (Å²) in [6.07, 6.45) is 3.53. The van der Waals surface area contributed by atoms with Crippen molar-refractivity contribution < 1.29 is 9.21 Å². The predicted octanol–water partition coefficient (Wildman–Crippen LogP) is 2.76. The molecule has 1 fully saturated rings. The maximum absolute atomic E-state index is 12.0. The molecule has 0 radical (unpaired) electrons. The first-order chi connectivity index (χ1) is 9.24. The van der Waals surface area contributed by atoms with E-state index in [2.05, 4.69) is 4.98 Å². The molecule has 0 saturated carbocycles. The van der Waals surface area contributed by atoms with E-state index in [1.165, 1.54) is 0 Å². The second-order valence-corrected chi connectivity index (χ2v) is 5.56. The van der Waals surface area contributed by atoms with Crippen LogP contribution in [-0.2, 0) is 11.3 Å². The molecule has 3 rings (SSSR count). The smallest absolute Gasteiger partial charge is 0.234 e. The van der Waals surface area contributed by atoms with E-state index in [1.807, 2.05) is 36.1 Å². The van der Waals surface area contributed by atoms with Gasteiger partial charge in [-0.05, 0) is 30.7 Å². The predicted molar refractivity (Wildman–Crippen MR) is 73.4 cm³/mol. The Kier molecular flexibility index (Phi) is 3.29. The number of aryl methyl sites for hydroxylation is 1. The van der Waals surface area contributed by atoms with Gasteiger partial charge in [-0.25, -0.2) is 0 Å². The Morgan fingerprint density at radius 1 is 1.47 bits per heavy atom. The largest absolute Gasteiger partial charge is 0.463 e. The van der Waals surface area contributed by atoms with Gasteiger partial charge < -0.3 is 9.32 Å². The van der Waals surface area contributed by atoms with E-state index in [0.29, 0.717) is 12.3 Å². The van der Waals surface area contributed by atoms with E-state index in [9.17, 15) is 4.79 Å². The van der Waals surface area contributed by atoms with Crippen LogP contribution >= 0.6 is 11.8 Å². The van der Waals surface area contributed by atoms with Crippen LogP contribution in [0.3, 0.4) is 0 Å². The zero-order valence-electron chi connectivity index (χ0n) is 10.6. The minimum atomic E-state index is -0.0265. The summed E-state index contributed by atoms with van der Waals surface area (Å²) in [6.45, 7) is 2.49. The third-order valence-corrected chi connectivity index (χ3v) is 4.26. The first kappa shape index (κ1) is 12.3. The second kappa shape index (κ2) is 5.09. The average Bonchev–Trinajstić information content (AvgIpc) is 2.99. The number of rotatable bonds is 3. The van der Waals surface area contributed by atoms with E-state index in [4.69, 9.17) is 4.42 Å². The van der Waals surface area contributed by atoms with Gasteiger partial charge in [-0.3, -0.25) is 9.78 Å². The molecule has 2 aromatic rings. The molecule has 0 aromatic carbocycles. The van der Waals surface area contributed by atoms with Crippen LogP contribution in [0.4, 0.5) is 0 Å². The molecule has 5 heteroatoms. The van der Waals surface area contributed by atoms with E-state index >= 15 is 0 Å². The monoisotopic (exact) mass is 274 g/mol. The van der Waals surface area contributed by atoms with Crippen molar-refractivity contribution in [2.45, 2.75) is 18.8 Å². The third-order valence-electron chi connectivity index (χ3n) is 3.05. The Morgan fingerprint density at radius 2 is 2.37 bits per heavy atom. The third kappa shape index (κ3) is 2.51. The van der Waals surface area contributed by atoms with Crippen molar-refractivity contribution in [2.24, 2.45) is 0 Å². The topological polar surface area (TPSA) is 46.3 Å². The lowest BCUT2D eigenvalue weighted by Crippen LogP contribution is -2.27. The van der Waals surface area contributed by atoms with Gasteiger partial charge in [-0.2, -0.15) is 0 Å². The van der Waals surface area contributed by atoms with E-state index < -0.39 is 0 Å². The molecule has 3 heterocycles. The molecular formula is C14H14N2O2S. The number of hydrogen-bond donors (Lipinski definition) is 0. The van der Waals surface area contributed by atoms with Crippen LogP contribution in [0.5, 0.6) is 0 Å². The number of carbonyl (C=O) groups excluding carboxylic acids is 1. The number of carbonyl (C=O) groups is 1. The maximum atomic E-state index is 12.0. The van der Waals surface area contributed by atoms with Crippen LogP contribution in [0, 0.1) is 6.92 Å². The van der Waals surface area contributed by atoms with Gasteiger partial charge in [0, 0.05) is 18.9 Å². The number of amides is 1. The van der Waals surface area contributed by atoms with Crippen LogP contribution in [0.1, 0.15) is 22.5 Å². The van der Waals surface area contributed by atoms with Gasteiger partial charge in [0.15, 0.2) is 0 Å². The molecule has 0 spiro atoms. The minimum Gasteiger partial charge on any atom is -0.463 e. The highest BCUT2D eigenvalue weighted by molar-refractivity contribution is 8.00. The fourth-order valence-electron chi connectivity index (χ4n) is 2.14. The molecule has 0 bridgehead atoms. The van der Waals surface area contributed by atoms with Gasteiger partial charge >= 0.3 is 0 Å². The quantitative estimate of drug-likeness (QED) is 0.863. The minimum absolute atomic E-state index is 0.0265. The summed E-state index contributed by atoms with van der Waals surface area (Å²) in [4.78, 5) is 17.9. The summed E-state index contributed by atoms with van der Waals surface area (Å²) in [6, 6.07) is 7.74. The van der Waals surface area contributed by atoms with Gasteiger partial charge in [0.25, 0.3) is 0 Å². The molecule has 19 heavy (non-hydrogen) atoms. The lowest BCUT2D eigenvalue weighted by atomic mass is 10.2. The van der Waals surface area contributed by atoms with Crippen molar-refractivity contribution in [1.82, 2.24) is 9.88 Å². The second-order valence-electron chi connectivity index (χ2n) is 4.49. The Hall–Kier alpha value is -1.75. The molecule has 98 valence electrons. The molecule has 1 unspecified atom stereocenters. The lowest BCUT2D eigenvalue weighted by Gasteiger charge is -2.22. The highest BCUT2D eigenvalue weighted by Crippen LogP contribution is 2.40. The zero-order valence-corrected chi connectivity index (χ0v) is 11.4. The van der Waals surface area contributed by atoms with Gasteiger partial charge in [-0.1, -0.05) is 6.07 Å². The molecule has 1 amide bonds. The van der Waals surface area contributed by atoms with Gasteiger partial charge in [0.1, 0.15) is 16.9 Å². The number of thioether (sulfide) groups is 1. The molecule has 0 aliphatic carbocycles. The maximum Gasteiger partial charge on any atom is 0.234 e. The lowest BCUT2D eigenvalue weighted by molar-refractivity contribution is -0.128. The summed E-state index contributed by atoms with van der Waals surface area (Å²) in [5.74, 6) is 2.37. The normalized spacial score (nSPS) is 19.1. The van der Waals surface area contributed by atoms with Crippen molar-refractivity contribution in [3.63, 3.8) is 0 Å². The Morgan fingerprint density at radius 3 is 3.05 bits per heavy atom. The molecule has 1 aliphatic rings. The first-order valence-corrected chi connectivity index (χ1v) is 7.15. The summed E-state index contributed by atoms with van der Waals surface area (Å²) in [5.41, 5.74) is 1.03. The summed E-state index contributed by atoms with van der Waals surface area (Å²) in [7, 11) is 0. The highest BCUT2D eigenvalue weighted by Gasteiger charge is 2.34. The van der Waals surface area contributed by atoms with Crippen molar-refractivity contribution in [1.29, 1.82) is 0 Å². The number of hydrogen-bond acceptors (Lipinski definition) is 4. The molecular weight excluding hydrogens is 260 g/mol. The van der Waals surface area contributed by atoms with Crippen LogP contribution in [0.25, 0.3) is 0 Å². The van der Waals surface area contributed by atoms with Crippen LogP contribution < -0.4 is 0 Å². The van der Waals surface area contributed by atoms with E-state index in [0.717, 1.165) is 17.1 Å². The standard InChI is InChI=1S/C14H14N2O2S/c1-10-4-5-12(18-10)14-16(13(17)9-19-14)8-11-3-2-6-15-7-11/h2-7,14H,8-9H2,1H3. The molecule has 2 aromatic heterocycles. The average molecular weight is 274 g/mol. The Bertz CT molecular complexity index is 582.